The summed E-state index contributed by atoms with van der Waals surface area (Å²) in [4.78, 5) is 2.18. The average molecular weight is 266 g/mol. The van der Waals surface area contributed by atoms with Gasteiger partial charge in [0.25, 0.3) is 0 Å². The molecule has 4 heteroatoms. The predicted molar refractivity (Wildman–Crippen MR) is 79.3 cm³/mol. The van der Waals surface area contributed by atoms with Crippen molar-refractivity contribution >= 4 is 5.69 Å². The summed E-state index contributed by atoms with van der Waals surface area (Å²) in [5, 5.41) is 9.93. The summed E-state index contributed by atoms with van der Waals surface area (Å²) < 4.78 is 5.62. The largest absolute Gasteiger partial charge is 0.494 e. The van der Waals surface area contributed by atoms with Crippen LogP contribution in [-0.2, 0) is 6.54 Å². The van der Waals surface area contributed by atoms with Crippen molar-refractivity contribution in [2.75, 3.05) is 25.4 Å². The molecule has 1 rings (SSSR count). The molecule has 0 aliphatic rings. The van der Waals surface area contributed by atoms with Crippen LogP contribution in [0.5, 0.6) is 5.75 Å². The SMILES string of the molecule is CCOc1ccc(N)cc1CN(CC)CC(C)(C)O. The molecule has 0 fully saturated rings. The van der Waals surface area contributed by atoms with E-state index in [0.717, 1.165) is 30.1 Å². The Morgan fingerprint density at radius 1 is 1.32 bits per heavy atom. The van der Waals surface area contributed by atoms with E-state index in [4.69, 9.17) is 10.5 Å². The summed E-state index contributed by atoms with van der Waals surface area (Å²) in [6.07, 6.45) is 0. The van der Waals surface area contributed by atoms with Gasteiger partial charge in [-0.15, -0.1) is 0 Å². The number of nitrogens with zero attached hydrogens (tertiary/aromatic N) is 1. The van der Waals surface area contributed by atoms with E-state index < -0.39 is 5.60 Å². The number of aliphatic hydroxyl groups is 1. The highest BCUT2D eigenvalue weighted by atomic mass is 16.5. The van der Waals surface area contributed by atoms with Gasteiger partial charge in [0.2, 0.25) is 0 Å². The van der Waals surface area contributed by atoms with Crippen LogP contribution in [0.25, 0.3) is 0 Å². The van der Waals surface area contributed by atoms with Gasteiger partial charge in [0.05, 0.1) is 12.2 Å². The lowest BCUT2D eigenvalue weighted by Crippen LogP contribution is -2.38. The van der Waals surface area contributed by atoms with Crippen LogP contribution in [0, 0.1) is 0 Å². The molecule has 0 aromatic heterocycles. The van der Waals surface area contributed by atoms with E-state index in [2.05, 4.69) is 11.8 Å². The standard InChI is InChI=1S/C15H26N2O2/c1-5-17(11-15(3,4)18)10-12-9-13(16)7-8-14(12)19-6-2/h7-9,18H,5-6,10-11,16H2,1-4H3. The second kappa shape index (κ2) is 6.78. The van der Waals surface area contributed by atoms with Gasteiger partial charge in [0, 0.05) is 24.3 Å². The fraction of sp³-hybridized carbons (Fsp3) is 0.600. The number of rotatable bonds is 7. The molecule has 0 unspecified atom stereocenters. The molecule has 0 bridgehead atoms. The maximum Gasteiger partial charge on any atom is 0.123 e. The van der Waals surface area contributed by atoms with Crippen molar-refractivity contribution in [3.8, 4) is 5.75 Å². The zero-order chi connectivity index (χ0) is 14.5. The Hall–Kier alpha value is -1.26. The van der Waals surface area contributed by atoms with Crippen LogP contribution in [0.2, 0.25) is 0 Å². The fourth-order valence-corrected chi connectivity index (χ4v) is 2.09. The Bertz CT molecular complexity index is 400. The Kier molecular flexibility index (Phi) is 5.63. The third kappa shape index (κ3) is 5.49. The Balaban J connectivity index is 2.86. The van der Waals surface area contributed by atoms with Crippen molar-refractivity contribution in [1.82, 2.24) is 4.90 Å². The number of nitrogen functional groups attached to an aromatic ring is 1. The first-order valence-corrected chi connectivity index (χ1v) is 6.81. The molecule has 0 radical (unpaired) electrons. The van der Waals surface area contributed by atoms with Crippen molar-refractivity contribution < 1.29 is 9.84 Å². The molecule has 3 N–H and O–H groups in total. The summed E-state index contributed by atoms with van der Waals surface area (Å²) in [6.45, 7) is 10.5. The Labute approximate surface area is 116 Å². The second-order valence-corrected chi connectivity index (χ2v) is 5.42. The van der Waals surface area contributed by atoms with Gasteiger partial charge in [-0.2, -0.15) is 0 Å². The number of likely N-dealkylation sites (N-methyl/N-ethyl adjacent to an activating group) is 1. The van der Waals surface area contributed by atoms with E-state index in [-0.39, 0.29) is 0 Å². The molecular weight excluding hydrogens is 240 g/mol. The van der Waals surface area contributed by atoms with Crippen LogP contribution in [0.1, 0.15) is 33.3 Å². The molecule has 1 aromatic carbocycles. The third-order valence-electron chi connectivity index (χ3n) is 2.84. The maximum atomic E-state index is 9.93. The Morgan fingerprint density at radius 3 is 2.53 bits per heavy atom. The molecule has 0 aliphatic carbocycles. The monoisotopic (exact) mass is 266 g/mol. The van der Waals surface area contributed by atoms with Gasteiger partial charge in [-0.1, -0.05) is 6.92 Å². The summed E-state index contributed by atoms with van der Waals surface area (Å²) >= 11 is 0. The summed E-state index contributed by atoms with van der Waals surface area (Å²) in [6, 6.07) is 5.70. The highest BCUT2D eigenvalue weighted by Gasteiger charge is 2.18. The minimum absolute atomic E-state index is 0.615. The Morgan fingerprint density at radius 2 is 2.00 bits per heavy atom. The quantitative estimate of drug-likeness (QED) is 0.743. The van der Waals surface area contributed by atoms with E-state index >= 15 is 0 Å². The van der Waals surface area contributed by atoms with Crippen LogP contribution in [0.15, 0.2) is 18.2 Å². The molecule has 108 valence electrons. The lowest BCUT2D eigenvalue weighted by atomic mass is 10.1. The summed E-state index contributed by atoms with van der Waals surface area (Å²) in [7, 11) is 0. The van der Waals surface area contributed by atoms with Gasteiger partial charge in [0.15, 0.2) is 0 Å². The van der Waals surface area contributed by atoms with E-state index in [9.17, 15) is 5.11 Å². The molecule has 0 spiro atoms. The lowest BCUT2D eigenvalue weighted by Gasteiger charge is -2.28. The first-order chi connectivity index (χ1) is 8.85. The fourth-order valence-electron chi connectivity index (χ4n) is 2.09. The van der Waals surface area contributed by atoms with E-state index in [1.54, 1.807) is 0 Å². The lowest BCUT2D eigenvalue weighted by molar-refractivity contribution is 0.0351. The van der Waals surface area contributed by atoms with Crippen LogP contribution >= 0.6 is 0 Å². The molecular formula is C15H26N2O2. The van der Waals surface area contributed by atoms with Crippen molar-refractivity contribution in [3.05, 3.63) is 23.8 Å². The molecule has 0 saturated carbocycles. The van der Waals surface area contributed by atoms with Gasteiger partial charge in [-0.25, -0.2) is 0 Å². The molecule has 19 heavy (non-hydrogen) atoms. The number of nitrogens with two attached hydrogens (primary N) is 1. The zero-order valence-electron chi connectivity index (χ0n) is 12.4. The van der Waals surface area contributed by atoms with Gasteiger partial charge >= 0.3 is 0 Å². The van der Waals surface area contributed by atoms with E-state index in [0.29, 0.717) is 13.2 Å². The van der Waals surface area contributed by atoms with Gasteiger partial charge in [-0.3, -0.25) is 4.90 Å². The summed E-state index contributed by atoms with van der Waals surface area (Å²) in [5.41, 5.74) is 6.94. The highest BCUT2D eigenvalue weighted by molar-refractivity contribution is 5.47. The van der Waals surface area contributed by atoms with E-state index in [1.165, 1.54) is 0 Å². The van der Waals surface area contributed by atoms with Crippen molar-refractivity contribution in [1.29, 1.82) is 0 Å². The van der Waals surface area contributed by atoms with Gasteiger partial charge in [-0.05, 0) is 45.5 Å². The number of ether oxygens (including phenoxy) is 1. The topological polar surface area (TPSA) is 58.7 Å². The number of hydrogen-bond acceptors (Lipinski definition) is 4. The third-order valence-corrected chi connectivity index (χ3v) is 2.84. The molecule has 0 amide bonds. The molecule has 0 saturated heterocycles. The smallest absolute Gasteiger partial charge is 0.123 e. The van der Waals surface area contributed by atoms with Crippen LogP contribution in [0.3, 0.4) is 0 Å². The van der Waals surface area contributed by atoms with Crippen LogP contribution in [-0.4, -0.2) is 35.3 Å². The first-order valence-electron chi connectivity index (χ1n) is 6.81. The normalized spacial score (nSPS) is 11.9. The maximum absolute atomic E-state index is 9.93. The van der Waals surface area contributed by atoms with Crippen LogP contribution < -0.4 is 10.5 Å². The second-order valence-electron chi connectivity index (χ2n) is 5.42. The van der Waals surface area contributed by atoms with Gasteiger partial charge in [0.1, 0.15) is 5.75 Å². The molecule has 0 aliphatic heterocycles. The van der Waals surface area contributed by atoms with Crippen molar-refractivity contribution in [2.45, 2.75) is 39.8 Å². The predicted octanol–water partition coefficient (Wildman–Crippen LogP) is 2.26. The zero-order valence-corrected chi connectivity index (χ0v) is 12.4. The van der Waals surface area contributed by atoms with Crippen molar-refractivity contribution in [2.24, 2.45) is 0 Å². The minimum Gasteiger partial charge on any atom is -0.494 e. The molecule has 1 aromatic rings. The van der Waals surface area contributed by atoms with E-state index in [1.807, 2.05) is 39.0 Å². The highest BCUT2D eigenvalue weighted by Crippen LogP contribution is 2.23. The number of anilines is 1. The summed E-state index contributed by atoms with van der Waals surface area (Å²) in [5.74, 6) is 0.867. The van der Waals surface area contributed by atoms with Crippen molar-refractivity contribution in [3.63, 3.8) is 0 Å². The number of benzene rings is 1. The van der Waals surface area contributed by atoms with Crippen LogP contribution in [0.4, 0.5) is 5.69 Å². The minimum atomic E-state index is -0.706. The number of hydrogen-bond donors (Lipinski definition) is 2. The van der Waals surface area contributed by atoms with Gasteiger partial charge < -0.3 is 15.6 Å². The first kappa shape index (κ1) is 15.8. The molecule has 0 heterocycles. The molecule has 4 nitrogen and oxygen atoms in total. The average Bonchev–Trinajstić information content (AvgIpc) is 2.30. The molecule has 0 atom stereocenters.